The van der Waals surface area contributed by atoms with Gasteiger partial charge in [0.1, 0.15) is 0 Å². The fourth-order valence-electron chi connectivity index (χ4n) is 2.61. The third-order valence-corrected chi connectivity index (χ3v) is 5.14. The van der Waals surface area contributed by atoms with E-state index in [-0.39, 0.29) is 11.7 Å². The number of imidazole rings is 1. The predicted molar refractivity (Wildman–Crippen MR) is 108 cm³/mol. The van der Waals surface area contributed by atoms with Crippen molar-refractivity contribution in [3.05, 3.63) is 47.0 Å². The number of carbonyl (C=O) groups excluding carboxylic acids is 1. The fourth-order valence-corrected chi connectivity index (χ4v) is 3.61. The van der Waals surface area contributed by atoms with Gasteiger partial charge in [0, 0.05) is 18.6 Å². The molecule has 0 radical (unpaired) electrons. The molecular formula is C19H20ClN3O3S. The number of aromatic amines is 1. The van der Waals surface area contributed by atoms with Crippen molar-refractivity contribution >= 4 is 40.3 Å². The Labute approximate surface area is 166 Å². The van der Waals surface area contributed by atoms with E-state index in [1.54, 1.807) is 32.2 Å². The normalized spacial score (nSPS) is 10.8. The highest BCUT2D eigenvalue weighted by Crippen LogP contribution is 2.28. The van der Waals surface area contributed by atoms with Crippen LogP contribution in [0.2, 0.25) is 5.02 Å². The molecule has 142 valence electrons. The van der Waals surface area contributed by atoms with Gasteiger partial charge in [0.15, 0.2) is 16.7 Å². The number of methoxy groups -OCH3 is 2. The number of ether oxygens (including phenoxy) is 2. The molecule has 0 aliphatic heterocycles. The van der Waals surface area contributed by atoms with Crippen molar-refractivity contribution in [2.45, 2.75) is 11.7 Å². The molecule has 2 aromatic carbocycles. The van der Waals surface area contributed by atoms with Crippen molar-refractivity contribution < 1.29 is 14.3 Å². The van der Waals surface area contributed by atoms with Crippen molar-refractivity contribution in [2.24, 2.45) is 0 Å². The number of rotatable bonds is 7. The van der Waals surface area contributed by atoms with E-state index < -0.39 is 0 Å². The third-order valence-electron chi connectivity index (χ3n) is 4.05. The van der Waals surface area contributed by atoms with Gasteiger partial charge in [-0.1, -0.05) is 29.4 Å². The van der Waals surface area contributed by atoms with Gasteiger partial charge in [-0.3, -0.25) is 4.79 Å². The quantitative estimate of drug-likeness (QED) is 0.602. The lowest BCUT2D eigenvalue weighted by molar-refractivity contribution is -0.127. The first-order chi connectivity index (χ1) is 13.0. The molecule has 0 bridgehead atoms. The van der Waals surface area contributed by atoms with Gasteiger partial charge in [-0.2, -0.15) is 0 Å². The molecule has 0 saturated heterocycles. The smallest absolute Gasteiger partial charge is 0.233 e. The van der Waals surface area contributed by atoms with Crippen molar-refractivity contribution in [3.63, 3.8) is 0 Å². The first-order valence-corrected chi connectivity index (χ1v) is 9.59. The molecule has 3 rings (SSSR count). The number of halogens is 1. The highest BCUT2D eigenvalue weighted by molar-refractivity contribution is 7.99. The second-order valence-electron chi connectivity index (χ2n) is 5.93. The summed E-state index contributed by atoms with van der Waals surface area (Å²) in [4.78, 5) is 21.8. The summed E-state index contributed by atoms with van der Waals surface area (Å²) in [6, 6.07) is 11.1. The van der Waals surface area contributed by atoms with E-state index in [4.69, 9.17) is 21.1 Å². The Morgan fingerprint density at radius 1 is 1.19 bits per heavy atom. The van der Waals surface area contributed by atoms with E-state index >= 15 is 0 Å². The molecule has 0 fully saturated rings. The van der Waals surface area contributed by atoms with Crippen molar-refractivity contribution in [1.82, 2.24) is 14.9 Å². The number of nitrogens with one attached hydrogen (secondary N) is 1. The Kier molecular flexibility index (Phi) is 6.13. The topological polar surface area (TPSA) is 67.5 Å². The number of aromatic nitrogens is 2. The lowest BCUT2D eigenvalue weighted by Crippen LogP contribution is -2.27. The minimum absolute atomic E-state index is 0.00766. The largest absolute Gasteiger partial charge is 0.493 e. The monoisotopic (exact) mass is 405 g/mol. The van der Waals surface area contributed by atoms with Gasteiger partial charge < -0.3 is 19.4 Å². The van der Waals surface area contributed by atoms with Gasteiger partial charge in [0.05, 0.1) is 31.0 Å². The van der Waals surface area contributed by atoms with E-state index in [1.807, 2.05) is 30.3 Å². The number of fused-ring (bicyclic) bond motifs is 1. The first kappa shape index (κ1) is 19.4. The third kappa shape index (κ3) is 4.67. The fraction of sp³-hybridized carbons (Fsp3) is 0.263. The number of H-pyrrole nitrogens is 1. The summed E-state index contributed by atoms with van der Waals surface area (Å²) in [5.74, 6) is 1.60. The van der Waals surface area contributed by atoms with Gasteiger partial charge in [0.25, 0.3) is 0 Å². The molecule has 0 aliphatic rings. The zero-order valence-corrected chi connectivity index (χ0v) is 16.9. The van der Waals surface area contributed by atoms with Crippen LogP contribution >= 0.6 is 23.4 Å². The molecule has 3 aromatic rings. The van der Waals surface area contributed by atoms with Gasteiger partial charge in [-0.25, -0.2) is 4.98 Å². The number of hydrogen-bond donors (Lipinski definition) is 1. The van der Waals surface area contributed by atoms with Gasteiger partial charge in [0.2, 0.25) is 5.91 Å². The van der Waals surface area contributed by atoms with Crippen LogP contribution in [-0.2, 0) is 11.3 Å². The number of carbonyl (C=O) groups is 1. The van der Waals surface area contributed by atoms with E-state index in [2.05, 4.69) is 9.97 Å². The van der Waals surface area contributed by atoms with Crippen molar-refractivity contribution in [2.75, 3.05) is 27.0 Å². The second-order valence-corrected chi connectivity index (χ2v) is 7.33. The van der Waals surface area contributed by atoms with Crippen LogP contribution in [0.25, 0.3) is 11.0 Å². The summed E-state index contributed by atoms with van der Waals surface area (Å²) >= 11 is 7.35. The standard InChI is InChI=1S/C19H20ClN3O3S/c1-23(10-12-4-7-16(25-2)17(8-12)26-3)18(24)11-27-19-21-14-6-5-13(20)9-15(14)22-19/h4-9H,10-11H2,1-3H3,(H,21,22). The van der Waals surface area contributed by atoms with Crippen molar-refractivity contribution in [1.29, 1.82) is 0 Å². The zero-order chi connectivity index (χ0) is 19.4. The Hall–Kier alpha value is -2.38. The molecule has 1 aromatic heterocycles. The molecule has 1 heterocycles. The maximum Gasteiger partial charge on any atom is 0.233 e. The maximum absolute atomic E-state index is 12.5. The molecule has 1 N–H and O–H groups in total. The van der Waals surface area contributed by atoms with E-state index in [9.17, 15) is 4.79 Å². The Morgan fingerprint density at radius 3 is 2.70 bits per heavy atom. The first-order valence-electron chi connectivity index (χ1n) is 8.23. The number of nitrogens with zero attached hydrogens (tertiary/aromatic N) is 2. The summed E-state index contributed by atoms with van der Waals surface area (Å²) in [7, 11) is 4.96. The number of hydrogen-bond acceptors (Lipinski definition) is 5. The second kappa shape index (κ2) is 8.54. The molecule has 8 heteroatoms. The number of amides is 1. The average Bonchev–Trinajstić information content (AvgIpc) is 3.07. The van der Waals surface area contributed by atoms with Gasteiger partial charge in [-0.05, 0) is 35.9 Å². The van der Waals surface area contributed by atoms with Crippen LogP contribution in [0.1, 0.15) is 5.56 Å². The molecule has 0 aliphatic carbocycles. The van der Waals surface area contributed by atoms with Crippen LogP contribution in [0, 0.1) is 0 Å². The molecule has 0 spiro atoms. The highest BCUT2D eigenvalue weighted by Gasteiger charge is 2.13. The summed E-state index contributed by atoms with van der Waals surface area (Å²) in [5.41, 5.74) is 2.65. The molecule has 0 unspecified atom stereocenters. The highest BCUT2D eigenvalue weighted by atomic mass is 35.5. The Morgan fingerprint density at radius 2 is 1.96 bits per heavy atom. The van der Waals surface area contributed by atoms with Crippen LogP contribution in [0.3, 0.4) is 0 Å². The maximum atomic E-state index is 12.5. The van der Waals surface area contributed by atoms with Gasteiger partial charge >= 0.3 is 0 Å². The Bertz CT molecular complexity index is 961. The molecule has 0 saturated carbocycles. The number of benzene rings is 2. The summed E-state index contributed by atoms with van der Waals surface area (Å²) in [6.07, 6.45) is 0. The Balaban J connectivity index is 1.60. The summed E-state index contributed by atoms with van der Waals surface area (Å²) < 4.78 is 10.5. The molecule has 6 nitrogen and oxygen atoms in total. The van der Waals surface area contributed by atoms with Crippen LogP contribution in [0.4, 0.5) is 0 Å². The van der Waals surface area contributed by atoms with E-state index in [0.717, 1.165) is 16.6 Å². The molecule has 27 heavy (non-hydrogen) atoms. The zero-order valence-electron chi connectivity index (χ0n) is 15.3. The van der Waals surface area contributed by atoms with E-state index in [0.29, 0.717) is 28.2 Å². The summed E-state index contributed by atoms with van der Waals surface area (Å²) in [5, 5.41) is 1.34. The van der Waals surface area contributed by atoms with Crippen LogP contribution < -0.4 is 9.47 Å². The van der Waals surface area contributed by atoms with E-state index in [1.165, 1.54) is 11.8 Å². The van der Waals surface area contributed by atoms with Gasteiger partial charge in [-0.15, -0.1) is 0 Å². The van der Waals surface area contributed by atoms with Crippen LogP contribution in [0.5, 0.6) is 11.5 Å². The lowest BCUT2D eigenvalue weighted by atomic mass is 10.2. The molecule has 1 amide bonds. The number of thioether (sulfide) groups is 1. The van der Waals surface area contributed by atoms with Crippen LogP contribution in [0.15, 0.2) is 41.6 Å². The molecule has 0 atom stereocenters. The molecular weight excluding hydrogens is 386 g/mol. The minimum Gasteiger partial charge on any atom is -0.493 e. The van der Waals surface area contributed by atoms with Crippen molar-refractivity contribution in [3.8, 4) is 11.5 Å². The predicted octanol–water partition coefficient (Wildman–Crippen LogP) is 3.98. The van der Waals surface area contributed by atoms with Crippen LogP contribution in [-0.4, -0.2) is 47.8 Å². The minimum atomic E-state index is 0.00766. The lowest BCUT2D eigenvalue weighted by Gasteiger charge is -2.18. The summed E-state index contributed by atoms with van der Waals surface area (Å²) in [6.45, 7) is 0.482. The average molecular weight is 406 g/mol. The SMILES string of the molecule is COc1ccc(CN(C)C(=O)CSc2nc3ccc(Cl)cc3[nH]2)cc1OC.